The molecule has 1 amide bonds. The zero-order chi connectivity index (χ0) is 20.1. The maximum absolute atomic E-state index is 12.5. The third-order valence-corrected chi connectivity index (χ3v) is 5.30. The van der Waals surface area contributed by atoms with Crippen LogP contribution < -0.4 is 9.64 Å². The number of ether oxygens (including phenoxy) is 1. The fraction of sp³-hybridized carbons (Fsp3) is 0.136. The van der Waals surface area contributed by atoms with Gasteiger partial charge in [0.15, 0.2) is 0 Å². The minimum absolute atomic E-state index is 0.139. The standard InChI is InChI=1S/C22H18Cl3NO2/c1-15-12-17(10-11-20(15)28-18-7-3-2-4-8-18)26(21(27)13-23)14-16-6-5-9-19(24)22(16)25/h2-12H,13-14H2,1H3. The third-order valence-electron chi connectivity index (χ3n) is 4.22. The number of para-hydroxylation sites is 1. The van der Waals surface area contributed by atoms with Crippen molar-refractivity contribution in [3.8, 4) is 11.5 Å². The Labute approximate surface area is 179 Å². The summed E-state index contributed by atoms with van der Waals surface area (Å²) in [6, 6.07) is 20.4. The molecule has 0 aliphatic carbocycles. The normalized spacial score (nSPS) is 10.6. The second-order valence-corrected chi connectivity index (χ2v) is 7.24. The summed E-state index contributed by atoms with van der Waals surface area (Å²) < 4.78 is 5.92. The lowest BCUT2D eigenvalue weighted by Gasteiger charge is -2.24. The molecule has 28 heavy (non-hydrogen) atoms. The summed E-state index contributed by atoms with van der Waals surface area (Å²) in [5.41, 5.74) is 2.35. The van der Waals surface area contributed by atoms with E-state index in [1.165, 1.54) is 0 Å². The molecule has 0 aromatic heterocycles. The third kappa shape index (κ3) is 4.79. The number of alkyl halides is 1. The molecular weight excluding hydrogens is 417 g/mol. The van der Waals surface area contributed by atoms with E-state index in [0.29, 0.717) is 21.5 Å². The van der Waals surface area contributed by atoms with E-state index in [9.17, 15) is 4.79 Å². The minimum atomic E-state index is -0.228. The molecule has 3 rings (SSSR count). The molecule has 0 N–H and O–H groups in total. The van der Waals surface area contributed by atoms with Crippen LogP contribution in [-0.2, 0) is 11.3 Å². The largest absolute Gasteiger partial charge is 0.457 e. The summed E-state index contributed by atoms with van der Waals surface area (Å²) in [4.78, 5) is 14.1. The first kappa shape index (κ1) is 20.5. The average Bonchev–Trinajstić information content (AvgIpc) is 2.71. The van der Waals surface area contributed by atoms with Crippen molar-refractivity contribution in [2.24, 2.45) is 0 Å². The topological polar surface area (TPSA) is 29.5 Å². The van der Waals surface area contributed by atoms with Crippen LogP contribution in [0.2, 0.25) is 10.0 Å². The van der Waals surface area contributed by atoms with E-state index in [0.717, 1.165) is 16.9 Å². The van der Waals surface area contributed by atoms with Crippen LogP contribution in [0.25, 0.3) is 0 Å². The van der Waals surface area contributed by atoms with E-state index in [-0.39, 0.29) is 18.3 Å². The number of benzene rings is 3. The summed E-state index contributed by atoms with van der Waals surface area (Å²) in [5, 5.41) is 0.873. The number of halogens is 3. The van der Waals surface area contributed by atoms with E-state index >= 15 is 0 Å². The molecule has 3 aromatic carbocycles. The van der Waals surface area contributed by atoms with E-state index in [2.05, 4.69) is 0 Å². The van der Waals surface area contributed by atoms with Crippen LogP contribution in [0.15, 0.2) is 66.7 Å². The second kappa shape index (κ2) is 9.33. The van der Waals surface area contributed by atoms with Gasteiger partial charge in [-0.2, -0.15) is 0 Å². The highest BCUT2D eigenvalue weighted by atomic mass is 35.5. The van der Waals surface area contributed by atoms with Gasteiger partial charge in [0, 0.05) is 5.69 Å². The van der Waals surface area contributed by atoms with Gasteiger partial charge in [-0.05, 0) is 54.4 Å². The quantitative estimate of drug-likeness (QED) is 0.396. The van der Waals surface area contributed by atoms with Crippen molar-refractivity contribution >= 4 is 46.4 Å². The number of hydrogen-bond acceptors (Lipinski definition) is 2. The Hall–Kier alpha value is -2.20. The molecule has 0 saturated heterocycles. The first-order valence-corrected chi connectivity index (χ1v) is 9.91. The Balaban J connectivity index is 1.89. The summed E-state index contributed by atoms with van der Waals surface area (Å²) >= 11 is 18.2. The number of amides is 1. The smallest absolute Gasteiger partial charge is 0.242 e. The number of aryl methyl sites for hydroxylation is 1. The number of nitrogens with zero attached hydrogens (tertiary/aromatic N) is 1. The molecule has 6 heteroatoms. The molecule has 144 valence electrons. The van der Waals surface area contributed by atoms with E-state index in [4.69, 9.17) is 39.5 Å². The van der Waals surface area contributed by atoms with Crippen molar-refractivity contribution < 1.29 is 9.53 Å². The Morgan fingerprint density at radius 3 is 2.43 bits per heavy atom. The lowest BCUT2D eigenvalue weighted by Crippen LogP contribution is -2.31. The molecule has 0 heterocycles. The summed E-state index contributed by atoms with van der Waals surface area (Å²) in [5.74, 6) is 1.10. The van der Waals surface area contributed by atoms with Gasteiger partial charge in [-0.15, -0.1) is 11.6 Å². The van der Waals surface area contributed by atoms with Crippen molar-refractivity contribution in [1.29, 1.82) is 0 Å². The summed E-state index contributed by atoms with van der Waals surface area (Å²) in [6.07, 6.45) is 0. The highest BCUT2D eigenvalue weighted by Crippen LogP contribution is 2.31. The molecule has 0 bridgehead atoms. The van der Waals surface area contributed by atoms with Gasteiger partial charge in [0.2, 0.25) is 5.91 Å². The highest BCUT2D eigenvalue weighted by Gasteiger charge is 2.18. The monoisotopic (exact) mass is 433 g/mol. The van der Waals surface area contributed by atoms with Gasteiger partial charge in [0.1, 0.15) is 17.4 Å². The Bertz CT molecular complexity index is 977. The fourth-order valence-electron chi connectivity index (χ4n) is 2.77. The molecule has 0 fully saturated rings. The molecule has 0 spiro atoms. The zero-order valence-corrected chi connectivity index (χ0v) is 17.4. The molecule has 3 aromatic rings. The Kier molecular flexibility index (Phi) is 6.84. The van der Waals surface area contributed by atoms with Gasteiger partial charge in [0.25, 0.3) is 0 Å². The molecule has 0 radical (unpaired) electrons. The molecule has 0 aliphatic heterocycles. The van der Waals surface area contributed by atoms with Crippen LogP contribution in [0, 0.1) is 6.92 Å². The first-order valence-electron chi connectivity index (χ1n) is 8.62. The lowest BCUT2D eigenvalue weighted by atomic mass is 10.1. The zero-order valence-electron chi connectivity index (χ0n) is 15.2. The molecule has 0 aliphatic rings. The van der Waals surface area contributed by atoms with Crippen LogP contribution in [0.1, 0.15) is 11.1 Å². The number of carbonyl (C=O) groups excluding carboxylic acids is 1. The second-order valence-electron chi connectivity index (χ2n) is 6.19. The Morgan fingerprint density at radius 2 is 1.75 bits per heavy atom. The van der Waals surface area contributed by atoms with Crippen molar-refractivity contribution in [3.05, 3.63) is 87.9 Å². The Morgan fingerprint density at radius 1 is 1.00 bits per heavy atom. The SMILES string of the molecule is Cc1cc(N(Cc2cccc(Cl)c2Cl)C(=O)CCl)ccc1Oc1ccccc1. The van der Waals surface area contributed by atoms with Gasteiger partial charge in [0.05, 0.1) is 16.6 Å². The maximum atomic E-state index is 12.5. The lowest BCUT2D eigenvalue weighted by molar-refractivity contribution is -0.116. The van der Waals surface area contributed by atoms with E-state index in [1.54, 1.807) is 17.0 Å². The van der Waals surface area contributed by atoms with Crippen molar-refractivity contribution in [2.75, 3.05) is 10.8 Å². The van der Waals surface area contributed by atoms with Gasteiger partial charge in [-0.1, -0.05) is 53.5 Å². The van der Waals surface area contributed by atoms with Gasteiger partial charge >= 0.3 is 0 Å². The molecule has 0 saturated carbocycles. The number of anilines is 1. The van der Waals surface area contributed by atoms with Crippen LogP contribution in [0.5, 0.6) is 11.5 Å². The summed E-state index contributed by atoms with van der Waals surface area (Å²) in [7, 11) is 0. The minimum Gasteiger partial charge on any atom is -0.457 e. The highest BCUT2D eigenvalue weighted by molar-refractivity contribution is 6.42. The molecular formula is C22H18Cl3NO2. The number of carbonyl (C=O) groups is 1. The summed E-state index contributed by atoms with van der Waals surface area (Å²) in [6.45, 7) is 2.20. The number of rotatable bonds is 6. The van der Waals surface area contributed by atoms with E-state index < -0.39 is 0 Å². The van der Waals surface area contributed by atoms with E-state index in [1.807, 2.05) is 61.5 Å². The van der Waals surface area contributed by atoms with Crippen LogP contribution >= 0.6 is 34.8 Å². The van der Waals surface area contributed by atoms with Crippen molar-refractivity contribution in [2.45, 2.75) is 13.5 Å². The van der Waals surface area contributed by atoms with Gasteiger partial charge < -0.3 is 9.64 Å². The predicted molar refractivity (Wildman–Crippen MR) is 116 cm³/mol. The fourth-order valence-corrected chi connectivity index (χ4v) is 3.29. The van der Waals surface area contributed by atoms with Crippen molar-refractivity contribution in [1.82, 2.24) is 0 Å². The van der Waals surface area contributed by atoms with Crippen LogP contribution in [0.4, 0.5) is 5.69 Å². The molecule has 0 atom stereocenters. The van der Waals surface area contributed by atoms with Crippen LogP contribution in [-0.4, -0.2) is 11.8 Å². The predicted octanol–water partition coefficient (Wildman–Crippen LogP) is 6.87. The average molecular weight is 435 g/mol. The molecule has 0 unspecified atom stereocenters. The van der Waals surface area contributed by atoms with Gasteiger partial charge in [-0.25, -0.2) is 0 Å². The maximum Gasteiger partial charge on any atom is 0.242 e. The van der Waals surface area contributed by atoms with Crippen LogP contribution in [0.3, 0.4) is 0 Å². The first-order chi connectivity index (χ1) is 13.5. The number of hydrogen-bond donors (Lipinski definition) is 0. The van der Waals surface area contributed by atoms with Gasteiger partial charge in [-0.3, -0.25) is 4.79 Å². The van der Waals surface area contributed by atoms with Crippen molar-refractivity contribution in [3.63, 3.8) is 0 Å². The molecule has 3 nitrogen and oxygen atoms in total.